The van der Waals surface area contributed by atoms with Gasteiger partial charge in [0.25, 0.3) is 0 Å². The van der Waals surface area contributed by atoms with Crippen LogP contribution in [0.5, 0.6) is 0 Å². The van der Waals surface area contributed by atoms with Gasteiger partial charge in [-0.25, -0.2) is 4.79 Å². The molecule has 9 heteroatoms. The first-order valence-electron chi connectivity index (χ1n) is 12.0. The van der Waals surface area contributed by atoms with Crippen LogP contribution in [0.2, 0.25) is 0 Å². The molecule has 0 aromatic carbocycles. The van der Waals surface area contributed by atoms with Crippen molar-refractivity contribution in [1.82, 2.24) is 16.0 Å². The van der Waals surface area contributed by atoms with Gasteiger partial charge in [-0.05, 0) is 13.3 Å². The molecule has 0 unspecified atom stereocenters. The fourth-order valence-corrected chi connectivity index (χ4v) is 3.33. The summed E-state index contributed by atoms with van der Waals surface area (Å²) in [6.45, 7) is 4.05. The molecule has 0 aromatic heterocycles. The van der Waals surface area contributed by atoms with E-state index < -0.39 is 30.0 Å². The zero-order chi connectivity index (χ0) is 24.2. The molecular formula is C23H44N4O5. The SMILES string of the molecule is CCCCCCCCCCCCCC(=O)N[C@H](CC(N)=O)C(=O)N[C@@H](C)CNC(=O)OC. The number of carbonyl (C=O) groups is 4. The van der Waals surface area contributed by atoms with Gasteiger partial charge in [0, 0.05) is 19.0 Å². The fraction of sp³-hybridized carbons (Fsp3) is 0.826. The van der Waals surface area contributed by atoms with Gasteiger partial charge < -0.3 is 26.4 Å². The maximum Gasteiger partial charge on any atom is 0.406 e. The summed E-state index contributed by atoms with van der Waals surface area (Å²) >= 11 is 0. The van der Waals surface area contributed by atoms with Gasteiger partial charge in [0.15, 0.2) is 0 Å². The van der Waals surface area contributed by atoms with Gasteiger partial charge in [-0.2, -0.15) is 0 Å². The lowest BCUT2D eigenvalue weighted by atomic mass is 10.0. The highest BCUT2D eigenvalue weighted by molar-refractivity contribution is 5.91. The lowest BCUT2D eigenvalue weighted by Crippen LogP contribution is -2.52. The third-order valence-electron chi connectivity index (χ3n) is 5.19. The molecule has 0 aliphatic heterocycles. The molecule has 186 valence electrons. The molecule has 9 nitrogen and oxygen atoms in total. The molecule has 0 saturated carbocycles. The molecule has 0 aliphatic rings. The van der Waals surface area contributed by atoms with E-state index in [-0.39, 0.29) is 18.9 Å². The highest BCUT2D eigenvalue weighted by Gasteiger charge is 2.24. The zero-order valence-electron chi connectivity index (χ0n) is 20.2. The van der Waals surface area contributed by atoms with E-state index in [9.17, 15) is 19.2 Å². The lowest BCUT2D eigenvalue weighted by molar-refractivity contribution is -0.131. The van der Waals surface area contributed by atoms with Gasteiger partial charge in [0.05, 0.1) is 13.5 Å². The Kier molecular flexibility index (Phi) is 18.0. The van der Waals surface area contributed by atoms with Crippen LogP contribution in [0.25, 0.3) is 0 Å². The number of rotatable bonds is 19. The minimum atomic E-state index is -1.03. The average molecular weight is 457 g/mol. The molecule has 0 bridgehead atoms. The Morgan fingerprint density at radius 1 is 0.844 bits per heavy atom. The van der Waals surface area contributed by atoms with Crippen molar-refractivity contribution in [2.75, 3.05) is 13.7 Å². The van der Waals surface area contributed by atoms with Crippen LogP contribution in [0, 0.1) is 0 Å². The van der Waals surface area contributed by atoms with Crippen molar-refractivity contribution >= 4 is 23.8 Å². The smallest absolute Gasteiger partial charge is 0.406 e. The van der Waals surface area contributed by atoms with Crippen molar-refractivity contribution in [2.45, 2.75) is 109 Å². The molecule has 0 aromatic rings. The molecule has 0 spiro atoms. The first-order valence-corrected chi connectivity index (χ1v) is 12.0. The zero-order valence-corrected chi connectivity index (χ0v) is 20.2. The van der Waals surface area contributed by atoms with Crippen molar-refractivity contribution in [3.8, 4) is 0 Å². The standard InChI is InChI=1S/C23H44N4O5/c1-4-5-6-7-8-9-10-11-12-13-14-15-21(29)27-19(16-20(24)28)22(30)26-18(2)17-25-23(31)32-3/h18-19H,4-17H2,1-3H3,(H2,24,28)(H,25,31)(H,26,30)(H,27,29)/t18-,19+/m0/s1. The quantitative estimate of drug-likeness (QED) is 0.221. The molecular weight excluding hydrogens is 412 g/mol. The molecule has 0 rings (SSSR count). The summed E-state index contributed by atoms with van der Waals surface area (Å²) in [5.74, 6) is -1.47. The number of nitrogens with one attached hydrogen (secondary N) is 3. The van der Waals surface area contributed by atoms with E-state index in [0.29, 0.717) is 6.42 Å². The van der Waals surface area contributed by atoms with Crippen LogP contribution in [-0.4, -0.2) is 49.6 Å². The first kappa shape index (κ1) is 29.7. The van der Waals surface area contributed by atoms with Gasteiger partial charge in [-0.1, -0.05) is 71.1 Å². The predicted molar refractivity (Wildman–Crippen MR) is 125 cm³/mol. The first-order chi connectivity index (χ1) is 15.3. The topological polar surface area (TPSA) is 140 Å². The van der Waals surface area contributed by atoms with Crippen molar-refractivity contribution in [3.05, 3.63) is 0 Å². The highest BCUT2D eigenvalue weighted by atomic mass is 16.5. The normalized spacial score (nSPS) is 12.5. The largest absolute Gasteiger partial charge is 0.453 e. The van der Waals surface area contributed by atoms with E-state index in [1.165, 1.54) is 58.5 Å². The Bertz CT molecular complexity index is 557. The summed E-state index contributed by atoms with van der Waals surface area (Å²) in [6.07, 6.45) is 12.5. The van der Waals surface area contributed by atoms with Crippen LogP contribution in [0.15, 0.2) is 0 Å². The maximum atomic E-state index is 12.4. The van der Waals surface area contributed by atoms with E-state index in [1.54, 1.807) is 6.92 Å². The van der Waals surface area contributed by atoms with Crippen LogP contribution in [0.3, 0.4) is 0 Å². The van der Waals surface area contributed by atoms with Crippen molar-refractivity contribution in [1.29, 1.82) is 0 Å². The van der Waals surface area contributed by atoms with E-state index in [0.717, 1.165) is 19.3 Å². The lowest BCUT2D eigenvalue weighted by Gasteiger charge is -2.20. The molecule has 0 saturated heterocycles. The van der Waals surface area contributed by atoms with E-state index >= 15 is 0 Å². The minimum absolute atomic E-state index is 0.147. The average Bonchev–Trinajstić information content (AvgIpc) is 2.74. The number of primary amides is 1. The Balaban J connectivity index is 4.11. The van der Waals surface area contributed by atoms with Crippen molar-refractivity contribution < 1.29 is 23.9 Å². The number of ether oxygens (including phenoxy) is 1. The van der Waals surface area contributed by atoms with Crippen LogP contribution >= 0.6 is 0 Å². The minimum Gasteiger partial charge on any atom is -0.453 e. The molecule has 0 fully saturated rings. The molecule has 32 heavy (non-hydrogen) atoms. The Hall–Kier alpha value is -2.32. The third-order valence-corrected chi connectivity index (χ3v) is 5.19. The van der Waals surface area contributed by atoms with Crippen LogP contribution < -0.4 is 21.7 Å². The van der Waals surface area contributed by atoms with Crippen molar-refractivity contribution in [2.24, 2.45) is 5.73 Å². The van der Waals surface area contributed by atoms with Gasteiger partial charge in [-0.3, -0.25) is 14.4 Å². The second-order valence-electron chi connectivity index (χ2n) is 8.36. The van der Waals surface area contributed by atoms with E-state index in [1.807, 2.05) is 0 Å². The molecule has 4 amide bonds. The number of hydrogen-bond acceptors (Lipinski definition) is 5. The molecule has 5 N–H and O–H groups in total. The summed E-state index contributed by atoms with van der Waals surface area (Å²) in [5.41, 5.74) is 5.22. The highest BCUT2D eigenvalue weighted by Crippen LogP contribution is 2.12. The predicted octanol–water partition coefficient (Wildman–Crippen LogP) is 2.91. The number of unbranched alkanes of at least 4 members (excludes halogenated alkanes) is 10. The molecule has 0 heterocycles. The Morgan fingerprint density at radius 3 is 1.88 bits per heavy atom. The number of methoxy groups -OCH3 is 1. The fourth-order valence-electron chi connectivity index (χ4n) is 3.33. The number of hydrogen-bond donors (Lipinski definition) is 4. The summed E-state index contributed by atoms with van der Waals surface area (Å²) < 4.78 is 4.47. The molecule has 2 atom stereocenters. The van der Waals surface area contributed by atoms with E-state index in [2.05, 4.69) is 27.6 Å². The van der Waals surface area contributed by atoms with Crippen molar-refractivity contribution in [3.63, 3.8) is 0 Å². The second kappa shape index (κ2) is 19.4. The van der Waals surface area contributed by atoms with Gasteiger partial charge in [0.1, 0.15) is 6.04 Å². The van der Waals surface area contributed by atoms with Crippen LogP contribution in [0.4, 0.5) is 4.79 Å². The van der Waals surface area contributed by atoms with Crippen LogP contribution in [-0.2, 0) is 19.1 Å². The second-order valence-corrected chi connectivity index (χ2v) is 8.36. The number of amides is 4. The molecule has 0 aliphatic carbocycles. The Labute approximate surface area is 193 Å². The number of alkyl carbamates (subject to hydrolysis) is 1. The summed E-state index contributed by atoms with van der Waals surface area (Å²) in [7, 11) is 1.24. The number of carbonyl (C=O) groups excluding carboxylic acids is 4. The summed E-state index contributed by atoms with van der Waals surface area (Å²) in [4.78, 5) is 47.1. The summed E-state index contributed by atoms with van der Waals surface area (Å²) in [5, 5.41) is 7.72. The summed E-state index contributed by atoms with van der Waals surface area (Å²) in [6, 6.07) is -1.45. The molecule has 0 radical (unpaired) electrons. The monoisotopic (exact) mass is 456 g/mol. The van der Waals surface area contributed by atoms with Crippen LogP contribution in [0.1, 0.15) is 97.3 Å². The van der Waals surface area contributed by atoms with Gasteiger partial charge in [0.2, 0.25) is 17.7 Å². The van der Waals surface area contributed by atoms with Gasteiger partial charge in [-0.15, -0.1) is 0 Å². The maximum absolute atomic E-state index is 12.4. The number of nitrogens with two attached hydrogens (primary N) is 1. The Morgan fingerprint density at radius 2 is 1.38 bits per heavy atom. The van der Waals surface area contributed by atoms with Gasteiger partial charge >= 0.3 is 6.09 Å². The van der Waals surface area contributed by atoms with E-state index in [4.69, 9.17) is 5.73 Å². The third kappa shape index (κ3) is 17.4.